The monoisotopic (exact) mass is 446 g/mol. The predicted molar refractivity (Wildman–Crippen MR) is 113 cm³/mol. The molecular formula is C22H21ClF2N4O2. The second-order valence-corrected chi connectivity index (χ2v) is 7.59. The molecule has 0 saturated carbocycles. The summed E-state index contributed by atoms with van der Waals surface area (Å²) in [5.74, 6) is -2.11. The first kappa shape index (κ1) is 22.6. The van der Waals surface area contributed by atoms with Crippen LogP contribution in [-0.4, -0.2) is 43.8 Å². The molecule has 1 heterocycles. The van der Waals surface area contributed by atoms with Crippen LogP contribution in [0.25, 0.3) is 6.08 Å². The largest absolute Gasteiger partial charge is 0.381 e. The molecule has 1 N–H and O–H groups in total. The average Bonchev–Trinajstić information content (AvgIpc) is 3.24. The number of nitrogens with zero attached hydrogens (tertiary/aromatic N) is 4. The second-order valence-electron chi connectivity index (χ2n) is 7.15. The number of aliphatic hydroxyl groups is 1. The number of aromatic nitrogens is 3. The molecule has 162 valence electrons. The minimum atomic E-state index is -1.91. The van der Waals surface area contributed by atoms with E-state index in [1.54, 1.807) is 37.3 Å². The number of amides is 1. The Labute approximate surface area is 183 Å². The van der Waals surface area contributed by atoms with Gasteiger partial charge in [0, 0.05) is 29.8 Å². The fourth-order valence-corrected chi connectivity index (χ4v) is 3.34. The average molecular weight is 447 g/mol. The predicted octanol–water partition coefficient (Wildman–Crippen LogP) is 3.66. The number of benzene rings is 2. The van der Waals surface area contributed by atoms with E-state index >= 15 is 0 Å². The first-order valence-electron chi connectivity index (χ1n) is 9.41. The van der Waals surface area contributed by atoms with Gasteiger partial charge in [0.1, 0.15) is 29.9 Å². The third-order valence-electron chi connectivity index (χ3n) is 5.18. The lowest BCUT2D eigenvalue weighted by atomic mass is 9.85. The van der Waals surface area contributed by atoms with Gasteiger partial charge in [0.15, 0.2) is 0 Å². The minimum Gasteiger partial charge on any atom is -0.381 e. The van der Waals surface area contributed by atoms with Gasteiger partial charge in [-0.2, -0.15) is 5.10 Å². The molecular weight excluding hydrogens is 426 g/mol. The summed E-state index contributed by atoms with van der Waals surface area (Å²) in [6, 6.07) is 8.92. The van der Waals surface area contributed by atoms with E-state index in [-0.39, 0.29) is 12.1 Å². The lowest BCUT2D eigenvalue weighted by Gasteiger charge is -2.39. The fourth-order valence-electron chi connectivity index (χ4n) is 3.21. The lowest BCUT2D eigenvalue weighted by molar-refractivity contribution is -0.134. The summed E-state index contributed by atoms with van der Waals surface area (Å²) in [5, 5.41) is 16.1. The number of halogens is 3. The van der Waals surface area contributed by atoms with Gasteiger partial charge < -0.3 is 10.0 Å². The molecule has 2 aromatic carbocycles. The highest BCUT2D eigenvalue weighted by atomic mass is 35.5. The first-order valence-corrected chi connectivity index (χ1v) is 9.79. The van der Waals surface area contributed by atoms with Crippen LogP contribution in [0.4, 0.5) is 8.78 Å². The van der Waals surface area contributed by atoms with Crippen LogP contribution in [0, 0.1) is 11.6 Å². The zero-order valence-corrected chi connectivity index (χ0v) is 17.7. The molecule has 0 unspecified atom stereocenters. The van der Waals surface area contributed by atoms with Crippen molar-refractivity contribution in [2.24, 2.45) is 0 Å². The molecule has 0 aliphatic rings. The van der Waals surface area contributed by atoms with Gasteiger partial charge in [-0.15, -0.1) is 0 Å². The molecule has 6 nitrogen and oxygen atoms in total. The Morgan fingerprint density at radius 1 is 1.29 bits per heavy atom. The van der Waals surface area contributed by atoms with E-state index in [1.165, 1.54) is 41.4 Å². The Morgan fingerprint density at radius 2 is 2.00 bits per heavy atom. The van der Waals surface area contributed by atoms with E-state index in [4.69, 9.17) is 11.6 Å². The third kappa shape index (κ3) is 5.15. The van der Waals surface area contributed by atoms with Crippen LogP contribution >= 0.6 is 11.6 Å². The molecule has 1 amide bonds. The standard InChI is InChI=1S/C22H21ClF2N4O2/c1-15(28(2)21(30)10-5-16-3-6-17(23)7-4-16)22(31,12-29-14-26-13-27-29)19-9-8-18(24)11-20(19)25/h3-11,13-15,31H,12H2,1-2H3/b10-5+/t15-,22-/m1/s1. The molecule has 0 aliphatic carbocycles. The van der Waals surface area contributed by atoms with Crippen molar-refractivity contribution in [3.63, 3.8) is 0 Å². The van der Waals surface area contributed by atoms with E-state index in [1.807, 2.05) is 0 Å². The van der Waals surface area contributed by atoms with Crippen molar-refractivity contribution in [1.82, 2.24) is 19.7 Å². The quantitative estimate of drug-likeness (QED) is 0.562. The van der Waals surface area contributed by atoms with E-state index in [0.717, 1.165) is 11.6 Å². The van der Waals surface area contributed by atoms with Crippen LogP contribution in [0.5, 0.6) is 0 Å². The molecule has 0 aliphatic heterocycles. The van der Waals surface area contributed by atoms with Crippen molar-refractivity contribution in [2.45, 2.75) is 25.1 Å². The van der Waals surface area contributed by atoms with Gasteiger partial charge in [-0.05, 0) is 36.8 Å². The normalized spacial score (nSPS) is 14.4. The zero-order valence-electron chi connectivity index (χ0n) is 16.9. The van der Waals surface area contributed by atoms with Gasteiger partial charge in [-0.25, -0.2) is 18.4 Å². The Bertz CT molecular complexity index is 1070. The molecule has 9 heteroatoms. The summed E-state index contributed by atoms with van der Waals surface area (Å²) in [4.78, 5) is 17.9. The van der Waals surface area contributed by atoms with Crippen molar-refractivity contribution < 1.29 is 18.7 Å². The van der Waals surface area contributed by atoms with Crippen LogP contribution in [-0.2, 0) is 16.9 Å². The maximum absolute atomic E-state index is 14.6. The number of hydrogen-bond acceptors (Lipinski definition) is 4. The van der Waals surface area contributed by atoms with Gasteiger partial charge in [-0.3, -0.25) is 4.79 Å². The highest BCUT2D eigenvalue weighted by Gasteiger charge is 2.42. The van der Waals surface area contributed by atoms with Gasteiger partial charge in [0.05, 0.1) is 12.6 Å². The van der Waals surface area contributed by atoms with Crippen molar-refractivity contribution in [1.29, 1.82) is 0 Å². The molecule has 0 spiro atoms. The zero-order chi connectivity index (χ0) is 22.6. The summed E-state index contributed by atoms with van der Waals surface area (Å²) in [5.41, 5.74) is -1.30. The molecule has 31 heavy (non-hydrogen) atoms. The summed E-state index contributed by atoms with van der Waals surface area (Å²) in [6.07, 6.45) is 5.59. The number of carbonyl (C=O) groups is 1. The molecule has 0 bridgehead atoms. The van der Waals surface area contributed by atoms with Crippen LogP contribution in [0.1, 0.15) is 18.1 Å². The minimum absolute atomic E-state index is 0.154. The summed E-state index contributed by atoms with van der Waals surface area (Å²) >= 11 is 5.86. The van der Waals surface area contributed by atoms with Gasteiger partial charge in [0.2, 0.25) is 5.91 Å². The van der Waals surface area contributed by atoms with Crippen molar-refractivity contribution in [2.75, 3.05) is 7.05 Å². The molecule has 1 aromatic heterocycles. The number of rotatable bonds is 7. The van der Waals surface area contributed by atoms with Crippen molar-refractivity contribution in [3.05, 3.63) is 89.0 Å². The fraction of sp³-hybridized carbons (Fsp3) is 0.227. The Kier molecular flexibility index (Phi) is 6.82. The van der Waals surface area contributed by atoms with E-state index in [9.17, 15) is 18.7 Å². The number of hydrogen-bond donors (Lipinski definition) is 1. The summed E-state index contributed by atoms with van der Waals surface area (Å²) < 4.78 is 29.4. The SMILES string of the molecule is C[C@@H](N(C)C(=O)/C=C/c1ccc(Cl)cc1)[C@](O)(Cn1cncn1)c1ccc(F)cc1F. The third-order valence-corrected chi connectivity index (χ3v) is 5.43. The Morgan fingerprint density at radius 3 is 2.61 bits per heavy atom. The second kappa shape index (κ2) is 9.36. The van der Waals surface area contributed by atoms with E-state index < -0.39 is 29.2 Å². The molecule has 0 saturated heterocycles. The van der Waals surface area contributed by atoms with Crippen LogP contribution in [0.3, 0.4) is 0 Å². The van der Waals surface area contributed by atoms with Crippen LogP contribution in [0.15, 0.2) is 61.2 Å². The van der Waals surface area contributed by atoms with Crippen LogP contribution < -0.4 is 0 Å². The van der Waals surface area contributed by atoms with Gasteiger partial charge in [-0.1, -0.05) is 29.8 Å². The van der Waals surface area contributed by atoms with Gasteiger partial charge in [0.25, 0.3) is 0 Å². The first-order chi connectivity index (χ1) is 14.7. The van der Waals surface area contributed by atoms with Crippen LogP contribution in [0.2, 0.25) is 5.02 Å². The molecule has 3 rings (SSSR count). The molecule has 0 fully saturated rings. The smallest absolute Gasteiger partial charge is 0.246 e. The lowest BCUT2D eigenvalue weighted by Crippen LogP contribution is -2.52. The highest BCUT2D eigenvalue weighted by Crippen LogP contribution is 2.32. The van der Waals surface area contributed by atoms with E-state index in [2.05, 4.69) is 10.1 Å². The molecule has 2 atom stereocenters. The Hall–Kier alpha value is -3.10. The summed E-state index contributed by atoms with van der Waals surface area (Å²) in [6.45, 7) is 1.38. The van der Waals surface area contributed by atoms with Crippen molar-refractivity contribution in [3.8, 4) is 0 Å². The maximum atomic E-state index is 14.6. The number of carbonyl (C=O) groups excluding carboxylic acids is 1. The summed E-state index contributed by atoms with van der Waals surface area (Å²) in [7, 11) is 1.49. The molecule has 0 radical (unpaired) electrons. The topological polar surface area (TPSA) is 71.2 Å². The molecule has 3 aromatic rings. The maximum Gasteiger partial charge on any atom is 0.246 e. The Balaban J connectivity index is 1.90. The van der Waals surface area contributed by atoms with E-state index in [0.29, 0.717) is 11.1 Å². The van der Waals surface area contributed by atoms with Gasteiger partial charge >= 0.3 is 0 Å². The van der Waals surface area contributed by atoms with Crippen molar-refractivity contribution >= 4 is 23.6 Å². The highest BCUT2D eigenvalue weighted by molar-refractivity contribution is 6.30. The number of likely N-dealkylation sites (N-methyl/N-ethyl adjacent to an activating group) is 1.